The maximum atomic E-state index is 12.6. The smallest absolute Gasteiger partial charge is 0.236 e. The lowest BCUT2D eigenvalue weighted by atomic mass is 9.69. The van der Waals surface area contributed by atoms with E-state index >= 15 is 0 Å². The molecule has 1 saturated heterocycles. The number of benzene rings is 1. The van der Waals surface area contributed by atoms with Gasteiger partial charge in [0.1, 0.15) is 11.9 Å². The first kappa shape index (κ1) is 12.4. The van der Waals surface area contributed by atoms with Gasteiger partial charge in [-0.25, -0.2) is 0 Å². The second-order valence-electron chi connectivity index (χ2n) is 6.76. The zero-order valence-corrected chi connectivity index (χ0v) is 12.4. The predicted molar refractivity (Wildman–Crippen MR) is 79.9 cm³/mol. The average molecular weight is 295 g/mol. The van der Waals surface area contributed by atoms with Crippen molar-refractivity contribution in [1.29, 1.82) is 0 Å². The third-order valence-electron chi connectivity index (χ3n) is 5.85. The number of allylic oxidation sites excluding steroid dienone is 1. The quantitative estimate of drug-likeness (QED) is 0.690. The molecule has 2 aliphatic carbocycles. The molecule has 2 heterocycles. The lowest BCUT2D eigenvalue weighted by Gasteiger charge is -2.33. The van der Waals surface area contributed by atoms with E-state index in [1.54, 1.807) is 7.05 Å². The Bertz CT molecular complexity index is 750. The fourth-order valence-electron chi connectivity index (χ4n) is 4.96. The summed E-state index contributed by atoms with van der Waals surface area (Å²) in [7, 11) is 1.61. The van der Waals surface area contributed by atoms with Crippen molar-refractivity contribution in [2.24, 2.45) is 17.8 Å². The molecule has 2 fully saturated rings. The van der Waals surface area contributed by atoms with Gasteiger partial charge in [-0.15, -0.1) is 0 Å². The Morgan fingerprint density at radius 2 is 1.91 bits per heavy atom. The van der Waals surface area contributed by atoms with Crippen LogP contribution in [0.3, 0.4) is 0 Å². The highest BCUT2D eigenvalue weighted by molar-refractivity contribution is 6.07. The number of hydrogen-bond donors (Lipinski definition) is 0. The van der Waals surface area contributed by atoms with Gasteiger partial charge in [-0.2, -0.15) is 0 Å². The van der Waals surface area contributed by atoms with Gasteiger partial charge in [-0.05, 0) is 31.2 Å². The molecule has 0 radical (unpaired) electrons. The average Bonchev–Trinajstić information content (AvgIpc) is 3.19. The number of hydrogen-bond acceptors (Lipinski definition) is 3. The van der Waals surface area contributed by atoms with Crippen LogP contribution >= 0.6 is 0 Å². The summed E-state index contributed by atoms with van der Waals surface area (Å²) in [6.45, 7) is 0. The van der Waals surface area contributed by atoms with Crippen molar-refractivity contribution >= 4 is 17.4 Å². The molecule has 0 spiro atoms. The maximum Gasteiger partial charge on any atom is 0.236 e. The molecule has 0 N–H and O–H groups in total. The summed E-state index contributed by atoms with van der Waals surface area (Å²) in [6.07, 6.45) is 2.88. The molecular formula is C18H17NO3. The van der Waals surface area contributed by atoms with Gasteiger partial charge < -0.3 is 4.74 Å². The summed E-state index contributed by atoms with van der Waals surface area (Å²) in [5, 5.41) is 0. The van der Waals surface area contributed by atoms with Crippen LogP contribution in [-0.2, 0) is 9.59 Å². The van der Waals surface area contributed by atoms with E-state index in [0.29, 0.717) is 0 Å². The van der Waals surface area contributed by atoms with Crippen LogP contribution in [-0.4, -0.2) is 29.9 Å². The summed E-state index contributed by atoms with van der Waals surface area (Å²) in [4.78, 5) is 26.5. The summed E-state index contributed by atoms with van der Waals surface area (Å²) in [5.74, 6) is 0.447. The fraction of sp³-hybridized carbons (Fsp3) is 0.444. The van der Waals surface area contributed by atoms with Crippen molar-refractivity contribution in [1.82, 2.24) is 4.90 Å². The number of ether oxygens (including phenoxy) is 1. The van der Waals surface area contributed by atoms with Gasteiger partial charge in [0, 0.05) is 18.2 Å². The lowest BCUT2D eigenvalue weighted by Crippen LogP contribution is -2.41. The Morgan fingerprint density at radius 3 is 2.77 bits per heavy atom. The minimum Gasteiger partial charge on any atom is -0.484 e. The minimum absolute atomic E-state index is 0.0157. The molecular weight excluding hydrogens is 278 g/mol. The molecule has 4 nitrogen and oxygen atoms in total. The second-order valence-corrected chi connectivity index (χ2v) is 6.76. The Balaban J connectivity index is 1.75. The van der Waals surface area contributed by atoms with E-state index in [1.165, 1.54) is 16.0 Å². The summed E-state index contributed by atoms with van der Waals surface area (Å²) < 4.78 is 6.14. The van der Waals surface area contributed by atoms with E-state index < -0.39 is 0 Å². The highest BCUT2D eigenvalue weighted by atomic mass is 16.5. The number of carbonyl (C=O) groups excluding carboxylic acids is 2. The van der Waals surface area contributed by atoms with Gasteiger partial charge in [0.25, 0.3) is 0 Å². The zero-order valence-electron chi connectivity index (χ0n) is 12.4. The fourth-order valence-corrected chi connectivity index (χ4v) is 4.96. The molecule has 0 unspecified atom stereocenters. The van der Waals surface area contributed by atoms with Gasteiger partial charge in [-0.1, -0.05) is 23.8 Å². The van der Waals surface area contributed by atoms with E-state index in [-0.39, 0.29) is 35.7 Å². The van der Waals surface area contributed by atoms with Crippen LogP contribution in [0.4, 0.5) is 0 Å². The van der Waals surface area contributed by atoms with Crippen LogP contribution in [0.1, 0.15) is 24.8 Å². The third-order valence-corrected chi connectivity index (χ3v) is 5.85. The first-order valence-corrected chi connectivity index (χ1v) is 7.99. The van der Waals surface area contributed by atoms with Crippen molar-refractivity contribution in [2.75, 3.05) is 7.05 Å². The molecule has 22 heavy (non-hydrogen) atoms. The van der Waals surface area contributed by atoms with Crippen molar-refractivity contribution in [3.05, 3.63) is 35.4 Å². The molecule has 1 saturated carbocycles. The Hall–Kier alpha value is -2.10. The van der Waals surface area contributed by atoms with Crippen LogP contribution in [0, 0.1) is 17.8 Å². The topological polar surface area (TPSA) is 46.6 Å². The van der Waals surface area contributed by atoms with E-state index in [1.807, 2.05) is 18.2 Å². The molecule has 0 bridgehead atoms. The summed E-state index contributed by atoms with van der Waals surface area (Å²) >= 11 is 0. The number of imide groups is 1. The van der Waals surface area contributed by atoms with E-state index in [9.17, 15) is 9.59 Å². The van der Waals surface area contributed by atoms with Gasteiger partial charge in [-0.3, -0.25) is 14.5 Å². The van der Waals surface area contributed by atoms with E-state index in [0.717, 1.165) is 30.6 Å². The molecule has 1 aromatic carbocycles. The summed E-state index contributed by atoms with van der Waals surface area (Å²) in [6, 6.07) is 8.02. The largest absolute Gasteiger partial charge is 0.484 e. The normalized spacial score (nSPS) is 35.2. The minimum atomic E-state index is -0.341. The van der Waals surface area contributed by atoms with Gasteiger partial charge in [0.2, 0.25) is 11.8 Å². The van der Waals surface area contributed by atoms with Crippen LogP contribution < -0.4 is 4.74 Å². The molecule has 0 aromatic heterocycles. The van der Waals surface area contributed by atoms with Crippen molar-refractivity contribution in [3.63, 3.8) is 0 Å². The summed E-state index contributed by atoms with van der Waals surface area (Å²) in [5.41, 5.74) is 3.70. The standard InChI is InChI=1S/C18H17NO3/c1-19-17(20)14-10-7-4-6-9(10)13-11-5-2-3-8-12(11)22-16(13)15(14)18(19)21/h2-3,5,8,10,14-16H,4,6-7H2,1H3/t10-,14-,15-,16+/m1/s1. The lowest BCUT2D eigenvalue weighted by molar-refractivity contribution is -0.138. The first-order valence-electron chi connectivity index (χ1n) is 7.99. The molecule has 4 aliphatic rings. The zero-order chi connectivity index (χ0) is 15.0. The number of amides is 2. The van der Waals surface area contributed by atoms with Crippen LogP contribution in [0.25, 0.3) is 5.57 Å². The molecule has 2 amide bonds. The van der Waals surface area contributed by atoms with E-state index in [4.69, 9.17) is 4.74 Å². The first-order chi connectivity index (χ1) is 10.7. The van der Waals surface area contributed by atoms with Crippen molar-refractivity contribution < 1.29 is 14.3 Å². The number of rotatable bonds is 0. The number of nitrogens with zero attached hydrogens (tertiary/aromatic N) is 1. The van der Waals surface area contributed by atoms with Gasteiger partial charge in [0.05, 0.1) is 11.8 Å². The number of likely N-dealkylation sites (tertiary alicyclic amines) is 1. The van der Waals surface area contributed by atoms with Crippen LogP contribution in [0.5, 0.6) is 5.75 Å². The second kappa shape index (κ2) is 4.00. The number of para-hydroxylation sites is 1. The Morgan fingerprint density at radius 1 is 1.14 bits per heavy atom. The van der Waals surface area contributed by atoms with Crippen molar-refractivity contribution in [3.8, 4) is 5.75 Å². The molecule has 112 valence electrons. The van der Waals surface area contributed by atoms with Gasteiger partial charge >= 0.3 is 0 Å². The Kier molecular flexibility index (Phi) is 2.26. The highest BCUT2D eigenvalue weighted by Gasteiger charge is 2.60. The molecule has 5 rings (SSSR count). The number of carbonyl (C=O) groups is 2. The molecule has 1 aromatic rings. The molecule has 2 aliphatic heterocycles. The van der Waals surface area contributed by atoms with Crippen LogP contribution in [0.15, 0.2) is 29.8 Å². The SMILES string of the molecule is CN1C(=O)[C@@H]2[C@H](C1=O)[C@@H]1CCCC1=C1c3ccccc3O[C@@H]12. The molecule has 4 heteroatoms. The monoisotopic (exact) mass is 295 g/mol. The number of fused-ring (bicyclic) bond motifs is 7. The third kappa shape index (κ3) is 1.29. The van der Waals surface area contributed by atoms with Crippen molar-refractivity contribution in [2.45, 2.75) is 25.4 Å². The maximum absolute atomic E-state index is 12.6. The predicted octanol–water partition coefficient (Wildman–Crippen LogP) is 2.25. The van der Waals surface area contributed by atoms with Crippen LogP contribution in [0.2, 0.25) is 0 Å². The molecule has 4 atom stereocenters. The van der Waals surface area contributed by atoms with E-state index in [2.05, 4.69) is 6.07 Å². The highest BCUT2D eigenvalue weighted by Crippen LogP contribution is 2.57. The Labute approximate surface area is 128 Å². The van der Waals surface area contributed by atoms with Gasteiger partial charge in [0.15, 0.2) is 0 Å².